The molecule has 9 aromatic carbocycles. The van der Waals surface area contributed by atoms with Crippen molar-refractivity contribution in [3.8, 4) is 51.0 Å². The van der Waals surface area contributed by atoms with E-state index in [2.05, 4.69) is 121 Å². The van der Waals surface area contributed by atoms with Gasteiger partial charge >= 0.3 is 0 Å². The van der Waals surface area contributed by atoms with E-state index in [0.29, 0.717) is 16.6 Å². The maximum Gasteiger partial charge on any atom is 0.108 e. The van der Waals surface area contributed by atoms with Crippen molar-refractivity contribution in [3.63, 3.8) is 0 Å². The fourth-order valence-electron chi connectivity index (χ4n) is 8.53. The second-order valence-corrected chi connectivity index (χ2v) is 14.2. The highest BCUT2D eigenvalue weighted by molar-refractivity contribution is 6.26. The van der Waals surface area contributed by atoms with Gasteiger partial charge in [-0.3, -0.25) is 0 Å². The molecule has 2 aromatic heterocycles. The number of hydrogen-bond acceptors (Lipinski definition) is 4. The van der Waals surface area contributed by atoms with Gasteiger partial charge in [0.05, 0.1) is 33.7 Å². The topological polar surface area (TPSA) is 62.5 Å². The van der Waals surface area contributed by atoms with Crippen molar-refractivity contribution in [2.45, 2.75) is 0 Å². The van der Waals surface area contributed by atoms with Crippen molar-refractivity contribution >= 4 is 65.0 Å². The van der Waals surface area contributed by atoms with Crippen molar-refractivity contribution in [2.75, 3.05) is 0 Å². The lowest BCUT2D eigenvalue weighted by molar-refractivity contribution is 1.29. The zero-order valence-corrected chi connectivity index (χ0v) is 30.1. The normalized spacial score (nSPS) is 11.6. The predicted octanol–water partition coefficient (Wildman–Crippen LogP) is 13.3. The summed E-state index contributed by atoms with van der Waals surface area (Å²) in [6, 6.07) is 65.6. The summed E-state index contributed by atoms with van der Waals surface area (Å²) in [6.07, 6.45) is 0. The number of para-hydroxylation sites is 1. The molecule has 0 atom stereocenters. The fraction of sp³-hybridized carbons (Fsp3) is 0. The van der Waals surface area contributed by atoms with Crippen LogP contribution in [0.3, 0.4) is 0 Å². The molecule has 4 nitrogen and oxygen atoms in total. The van der Waals surface area contributed by atoms with Gasteiger partial charge in [0.2, 0.25) is 0 Å². The van der Waals surface area contributed by atoms with Crippen LogP contribution < -0.4 is 0 Å². The molecule has 0 bridgehead atoms. The largest absolute Gasteiger partial charge is 0.247 e. The Kier molecular flexibility index (Phi) is 7.20. The Morgan fingerprint density at radius 1 is 0.339 bits per heavy atom. The average Bonchev–Trinajstić information content (AvgIpc) is 3.28. The van der Waals surface area contributed by atoms with E-state index in [1.807, 2.05) is 66.7 Å². The maximum absolute atomic E-state index is 10.8. The minimum atomic E-state index is 0.455. The summed E-state index contributed by atoms with van der Waals surface area (Å²) >= 11 is 0. The van der Waals surface area contributed by atoms with E-state index in [4.69, 9.17) is 15.0 Å². The van der Waals surface area contributed by atoms with Crippen LogP contribution in [0.15, 0.2) is 182 Å². The number of benzene rings is 9. The number of hydrogen-bond donors (Lipinski definition) is 0. The van der Waals surface area contributed by atoms with E-state index in [9.17, 15) is 5.26 Å². The van der Waals surface area contributed by atoms with E-state index in [-0.39, 0.29) is 0 Å². The van der Waals surface area contributed by atoms with Crippen LogP contribution in [-0.4, -0.2) is 15.0 Å². The van der Waals surface area contributed by atoms with Crippen LogP contribution in [0.4, 0.5) is 0 Å². The molecule has 4 heteroatoms. The predicted molar refractivity (Wildman–Crippen MR) is 231 cm³/mol. The minimum Gasteiger partial charge on any atom is -0.247 e. The summed E-state index contributed by atoms with van der Waals surface area (Å²) < 4.78 is 0. The first-order chi connectivity index (χ1) is 27.7. The maximum atomic E-state index is 10.8. The third kappa shape index (κ3) is 4.89. The molecule has 0 spiro atoms. The van der Waals surface area contributed by atoms with Crippen LogP contribution in [-0.2, 0) is 0 Å². The van der Waals surface area contributed by atoms with Crippen LogP contribution in [0.25, 0.3) is 110 Å². The van der Waals surface area contributed by atoms with Crippen molar-refractivity contribution < 1.29 is 0 Å². The van der Waals surface area contributed by atoms with E-state index >= 15 is 0 Å². The van der Waals surface area contributed by atoms with Gasteiger partial charge in [-0.05, 0) is 61.6 Å². The average molecular weight is 711 g/mol. The number of nitrogens with zero attached hydrogens (tertiary/aromatic N) is 4. The standard InChI is InChI=1S/C52H30N4/c53-31-35-30-45-47(52-50(35)55-48(32-15-3-1-4-16-32)49(56-52)33-17-5-2-6-18-33)43-25-13-14-26-46(43)54-51(45)42-24-12-7-19-36(42)34-27-28-41-39-22-9-8-20-37(39)38-21-10-11-23-40(38)44(41)29-34/h1-30H. The van der Waals surface area contributed by atoms with Gasteiger partial charge in [0, 0.05) is 32.8 Å². The van der Waals surface area contributed by atoms with Gasteiger partial charge in [-0.25, -0.2) is 15.0 Å². The Morgan fingerprint density at radius 2 is 0.839 bits per heavy atom. The van der Waals surface area contributed by atoms with Crippen LogP contribution in [0.1, 0.15) is 5.56 Å². The van der Waals surface area contributed by atoms with Gasteiger partial charge in [-0.1, -0.05) is 164 Å². The lowest BCUT2D eigenvalue weighted by Crippen LogP contribution is -2.00. The van der Waals surface area contributed by atoms with E-state index < -0.39 is 0 Å². The first-order valence-corrected chi connectivity index (χ1v) is 18.8. The van der Waals surface area contributed by atoms with E-state index in [0.717, 1.165) is 66.6 Å². The van der Waals surface area contributed by atoms with Crippen LogP contribution in [0.5, 0.6) is 0 Å². The second kappa shape index (κ2) is 12.7. The number of nitriles is 1. The molecule has 0 aliphatic heterocycles. The molecule has 0 N–H and O–H groups in total. The van der Waals surface area contributed by atoms with Gasteiger partial charge in [0.1, 0.15) is 11.6 Å². The fourth-order valence-corrected chi connectivity index (χ4v) is 8.53. The molecular weight excluding hydrogens is 681 g/mol. The van der Waals surface area contributed by atoms with Crippen LogP contribution in [0.2, 0.25) is 0 Å². The molecule has 0 saturated heterocycles. The lowest BCUT2D eigenvalue weighted by Gasteiger charge is -2.18. The highest BCUT2D eigenvalue weighted by Crippen LogP contribution is 2.44. The SMILES string of the molecule is N#Cc1cc2c(-c3ccccc3-c3ccc4c5ccccc5c5ccccc5c4c3)nc3ccccc3c2c2nc(-c3ccccc3)c(-c3ccccc3)nc12. The van der Waals surface area contributed by atoms with Crippen molar-refractivity contribution in [1.82, 2.24) is 15.0 Å². The summed E-state index contributed by atoms with van der Waals surface area (Å²) in [5, 5.41) is 20.9. The molecule has 0 saturated carbocycles. The van der Waals surface area contributed by atoms with Crippen molar-refractivity contribution in [1.29, 1.82) is 5.26 Å². The molecule has 11 aromatic rings. The van der Waals surface area contributed by atoms with Gasteiger partial charge in [0.25, 0.3) is 0 Å². The van der Waals surface area contributed by atoms with Crippen molar-refractivity contribution in [3.05, 3.63) is 188 Å². The summed E-state index contributed by atoms with van der Waals surface area (Å²) in [6.45, 7) is 0. The van der Waals surface area contributed by atoms with Crippen molar-refractivity contribution in [2.24, 2.45) is 0 Å². The molecule has 2 heterocycles. The quantitative estimate of drug-likeness (QED) is 0.171. The molecule has 11 rings (SSSR count). The molecule has 0 aliphatic rings. The minimum absolute atomic E-state index is 0.455. The molecule has 56 heavy (non-hydrogen) atoms. The van der Waals surface area contributed by atoms with Gasteiger partial charge in [-0.2, -0.15) is 5.26 Å². The molecular formula is C52H30N4. The number of aromatic nitrogens is 3. The lowest BCUT2D eigenvalue weighted by atomic mass is 9.89. The highest BCUT2D eigenvalue weighted by atomic mass is 14.8. The zero-order chi connectivity index (χ0) is 37.2. The molecule has 258 valence electrons. The first kappa shape index (κ1) is 31.8. The number of pyridine rings is 1. The molecule has 0 aliphatic carbocycles. The molecule has 0 radical (unpaired) electrons. The Labute approximate surface area is 322 Å². The molecule has 0 fully saturated rings. The Hall–Kier alpha value is -7.74. The summed E-state index contributed by atoms with van der Waals surface area (Å²) in [4.78, 5) is 16.1. The number of fused-ring (bicyclic) bond motifs is 11. The second-order valence-electron chi connectivity index (χ2n) is 14.2. The Bertz CT molecular complexity index is 3390. The molecule has 0 amide bonds. The first-order valence-electron chi connectivity index (χ1n) is 18.8. The van der Waals surface area contributed by atoms with Crippen LogP contribution >= 0.6 is 0 Å². The highest BCUT2D eigenvalue weighted by Gasteiger charge is 2.22. The summed E-state index contributed by atoms with van der Waals surface area (Å²) in [5.41, 5.74) is 9.88. The third-order valence-electron chi connectivity index (χ3n) is 11.1. The Balaban J connectivity index is 1.23. The monoisotopic (exact) mass is 710 g/mol. The Morgan fingerprint density at radius 3 is 1.46 bits per heavy atom. The summed E-state index contributed by atoms with van der Waals surface area (Å²) in [7, 11) is 0. The van der Waals surface area contributed by atoms with E-state index in [1.54, 1.807) is 0 Å². The van der Waals surface area contributed by atoms with Gasteiger partial charge in [-0.15, -0.1) is 0 Å². The third-order valence-corrected chi connectivity index (χ3v) is 11.1. The van der Waals surface area contributed by atoms with Crippen LogP contribution in [0, 0.1) is 11.3 Å². The number of rotatable bonds is 4. The van der Waals surface area contributed by atoms with Gasteiger partial charge in [0.15, 0.2) is 0 Å². The zero-order valence-electron chi connectivity index (χ0n) is 30.1. The summed E-state index contributed by atoms with van der Waals surface area (Å²) in [5.74, 6) is 0. The van der Waals surface area contributed by atoms with Gasteiger partial charge < -0.3 is 0 Å². The van der Waals surface area contributed by atoms with E-state index in [1.165, 1.54) is 32.3 Å². The smallest absolute Gasteiger partial charge is 0.108 e. The molecule has 0 unspecified atom stereocenters.